The monoisotopic (exact) mass is 1470 g/mol. The summed E-state index contributed by atoms with van der Waals surface area (Å²) in [7, 11) is -11.3. The Labute approximate surface area is 557 Å². The lowest BCUT2D eigenvalue weighted by Crippen LogP contribution is -2.24. The molecule has 0 radical (unpaired) electrons. The van der Waals surface area contributed by atoms with E-state index in [1.807, 2.05) is 12.2 Å². The molecule has 0 spiro atoms. The second-order valence-electron chi connectivity index (χ2n) is 19.5. The van der Waals surface area contributed by atoms with Gasteiger partial charge in [-0.05, 0) is 84.7 Å². The van der Waals surface area contributed by atoms with Crippen LogP contribution in [0.15, 0.2) is 165 Å². The lowest BCUT2D eigenvalue weighted by Gasteiger charge is -2.12. The first-order chi connectivity index (χ1) is 45.5. The molecule has 0 saturated carbocycles. The highest BCUT2D eigenvalue weighted by atomic mass is 32.2. The number of nitrogen functional groups attached to an aromatic ring is 2. The van der Waals surface area contributed by atoms with Gasteiger partial charge in [0.25, 0.3) is 32.6 Å². The summed E-state index contributed by atoms with van der Waals surface area (Å²) in [6.45, 7) is 1.79. The highest BCUT2D eigenvalue weighted by molar-refractivity contribution is 7.98. The minimum Gasteiger partial charge on any atom is -0.399 e. The van der Waals surface area contributed by atoms with Crippen molar-refractivity contribution in [2.45, 2.75) is 50.8 Å². The highest BCUT2D eigenvalue weighted by Gasteiger charge is 2.48. The van der Waals surface area contributed by atoms with Crippen LogP contribution in [0.1, 0.15) is 46.7 Å². The van der Waals surface area contributed by atoms with Gasteiger partial charge in [-0.2, -0.15) is 18.2 Å². The van der Waals surface area contributed by atoms with E-state index in [1.54, 1.807) is 30.1 Å². The summed E-state index contributed by atoms with van der Waals surface area (Å²) in [5, 5.41) is 42.8. The van der Waals surface area contributed by atoms with Crippen LogP contribution < -0.4 is 11.5 Å². The second kappa shape index (κ2) is 34.3. The van der Waals surface area contributed by atoms with Crippen molar-refractivity contribution in [2.75, 3.05) is 30.2 Å². The van der Waals surface area contributed by atoms with E-state index in [0.717, 1.165) is 103 Å². The number of isothiocyanates is 1. The van der Waals surface area contributed by atoms with Crippen LogP contribution in [-0.4, -0.2) is 105 Å². The third-order valence-electron chi connectivity index (χ3n) is 12.3. The zero-order chi connectivity index (χ0) is 73.9. The van der Waals surface area contributed by atoms with Crippen LogP contribution in [0.4, 0.5) is 79.3 Å². The third kappa shape index (κ3) is 22.7. The first-order valence-electron chi connectivity index (χ1n) is 26.3. The molecule has 0 aliphatic carbocycles. The highest BCUT2D eigenvalue weighted by Crippen LogP contribution is 2.33. The van der Waals surface area contributed by atoms with Gasteiger partial charge in [0.2, 0.25) is 0 Å². The molecule has 9 rings (SSSR count). The number of aromatic nitrogens is 5. The van der Waals surface area contributed by atoms with Crippen molar-refractivity contribution in [3.05, 3.63) is 238 Å². The van der Waals surface area contributed by atoms with Crippen LogP contribution in [0.25, 0.3) is 11.0 Å². The van der Waals surface area contributed by atoms with Crippen LogP contribution in [0.2, 0.25) is 0 Å². The largest absolute Gasteiger partial charge is 0.502 e. The average Bonchev–Trinajstić information content (AvgIpc) is 0.830. The number of nitro benzene ring substituents is 4. The summed E-state index contributed by atoms with van der Waals surface area (Å²) >= 11 is 5.40. The van der Waals surface area contributed by atoms with Crippen molar-refractivity contribution in [2.24, 2.45) is 12.0 Å². The van der Waals surface area contributed by atoms with Gasteiger partial charge in [-0.25, -0.2) is 56.6 Å². The van der Waals surface area contributed by atoms with Gasteiger partial charge in [0.05, 0.1) is 60.0 Å². The van der Waals surface area contributed by atoms with Crippen molar-refractivity contribution in [3.63, 3.8) is 0 Å². The molecule has 3 aromatic heterocycles. The molecule has 518 valence electrons. The summed E-state index contributed by atoms with van der Waals surface area (Å²) in [5.41, 5.74) is 6.31. The molecule has 41 heteroatoms. The van der Waals surface area contributed by atoms with E-state index < -0.39 is 105 Å². The zero-order valence-corrected chi connectivity index (χ0v) is 54.5. The number of ketones is 1. The van der Waals surface area contributed by atoms with Gasteiger partial charge in [0.1, 0.15) is 66.5 Å². The summed E-state index contributed by atoms with van der Waals surface area (Å²) in [6, 6.07) is 19.4. The number of thiocarbonyl (C=S) groups is 1. The topological polar surface area (TPSA) is 413 Å². The standard InChI is InChI=1S/C23H19F4N5O3S.C7H3FN2O2S.C7H6FNO4S.C7H8FNO2S.C7H6FNO2S.C6H5FN2O2/c1-13(5-21(33)17-8-20-19(11-30-17)31-12-32(20)2)18-10-28-15(9-29-18)6-14-3-4-16(24)22(7-14)36(34,35)23(25,26)27;8-6-2-1-5(10(11)12)3-7(6)9-4-13;1-14(12,13)7-4-5(9(10)11)2-3-6(7)8;1-12(10,11)7-4-5(9)2-3-6(7)8;1-12-7-4-5(9(10)11)2-3-6(7)8;7-5-2-1-4(9(10)11)3-6(5)8/h3-4,7-13H,5-6H2,1-2H3;1-3H;2-4H,1H3;2-4H,9H2,1H3;2-4H,1H3;1-3H,8H2. The van der Waals surface area contributed by atoms with E-state index in [0.29, 0.717) is 45.7 Å². The molecule has 0 saturated heterocycles. The lowest BCUT2D eigenvalue weighted by molar-refractivity contribution is -0.385. The Balaban J connectivity index is 0.000000274. The fraction of sp³-hybridized carbons (Fsp3) is 0.158. The molecular formula is C57H47F9N12O15S5. The number of nitrogens with two attached hydrogens (primary N) is 2. The number of halogens is 9. The number of alkyl halides is 3. The predicted octanol–water partition coefficient (Wildman–Crippen LogP) is 12.3. The van der Waals surface area contributed by atoms with Gasteiger partial charge in [-0.1, -0.05) is 13.0 Å². The third-order valence-corrected chi connectivity index (χ3v) is 16.9. The quantitative estimate of drug-likeness (QED) is 0.0141. The number of fused-ring (bicyclic) bond motifs is 1. The number of nitro groups is 4. The molecule has 27 nitrogen and oxygen atoms in total. The number of nitrogens with zero attached hydrogens (tertiary/aromatic N) is 10. The molecule has 4 N–H and O–H groups in total. The van der Waals surface area contributed by atoms with E-state index in [-0.39, 0.29) is 69.1 Å². The van der Waals surface area contributed by atoms with E-state index >= 15 is 0 Å². The number of pyridine rings is 1. The van der Waals surface area contributed by atoms with Crippen molar-refractivity contribution in [3.8, 4) is 0 Å². The van der Waals surface area contributed by atoms with Crippen LogP contribution in [0.5, 0.6) is 0 Å². The number of aryl methyl sites for hydroxylation is 1. The van der Waals surface area contributed by atoms with Gasteiger partial charge in [0, 0.05) is 110 Å². The SMILES string of the molecule is CC(CC(=O)c1cc2c(cn1)ncn2C)c1cnc(Cc2ccc(F)c(S(=O)(=O)C(F)(F)F)c2)cn1.CS(=O)(=O)c1cc(N)ccc1F.CS(=O)(=O)c1cc([N+](=O)[O-])ccc1F.CSc1cc([N+](=O)[O-])ccc1F.Nc1cc([N+](=O)[O-])ccc1F.O=[N+]([O-])c1ccc(F)c(N=C=S)c1. The van der Waals surface area contributed by atoms with Crippen LogP contribution in [0.3, 0.4) is 0 Å². The number of benzene rings is 6. The molecule has 0 amide bonds. The molecule has 1 atom stereocenters. The smallest absolute Gasteiger partial charge is 0.399 e. The molecule has 0 fully saturated rings. The molecule has 6 aromatic carbocycles. The maximum absolute atomic E-state index is 13.8. The number of imidazole rings is 1. The molecule has 0 bridgehead atoms. The number of rotatable bonds is 15. The van der Waals surface area contributed by atoms with Gasteiger partial charge in [0.15, 0.2) is 25.5 Å². The van der Waals surface area contributed by atoms with Crippen molar-refractivity contribution in [1.82, 2.24) is 24.5 Å². The van der Waals surface area contributed by atoms with E-state index in [2.05, 4.69) is 37.1 Å². The van der Waals surface area contributed by atoms with E-state index in [4.69, 9.17) is 11.5 Å². The molecule has 3 heterocycles. The zero-order valence-electron chi connectivity index (χ0n) is 50.5. The number of hydrogen-bond donors (Lipinski definition) is 2. The molecule has 1 unspecified atom stereocenters. The number of aliphatic imine (C=N–C) groups is 1. The molecule has 0 aliphatic rings. The van der Waals surface area contributed by atoms with Gasteiger partial charge in [-0.15, -0.1) is 11.8 Å². The van der Waals surface area contributed by atoms with Crippen molar-refractivity contribution < 1.29 is 89.3 Å². The van der Waals surface area contributed by atoms with Crippen LogP contribution in [-0.2, 0) is 43.0 Å². The van der Waals surface area contributed by atoms with Gasteiger partial charge < -0.3 is 16.0 Å². The summed E-state index contributed by atoms with van der Waals surface area (Å²) in [4.78, 5) is 69.0. The second-order valence-corrected chi connectivity index (χ2v) is 26.4. The Bertz CT molecular complexity index is 4900. The maximum Gasteiger partial charge on any atom is 0.502 e. The number of non-ortho nitro benzene ring substituents is 4. The average molecular weight is 1470 g/mol. The Morgan fingerprint density at radius 2 is 1.11 bits per heavy atom. The van der Waals surface area contributed by atoms with E-state index in [9.17, 15) is 110 Å². The minimum atomic E-state index is -5.84. The Hall–Kier alpha value is -10.7. The summed E-state index contributed by atoms with van der Waals surface area (Å²) in [5.74, 6) is -5.48. The number of Topliss-reactive ketones (excluding diaryl/α,β-unsaturated/α-hetero) is 1. The number of carbonyl (C=O) groups is 1. The molecule has 0 aliphatic heterocycles. The van der Waals surface area contributed by atoms with E-state index in [1.165, 1.54) is 36.8 Å². The fourth-order valence-electron chi connectivity index (χ4n) is 7.43. The fourth-order valence-corrected chi connectivity index (χ4v) is 10.4. The first kappa shape index (κ1) is 79.7. The summed E-state index contributed by atoms with van der Waals surface area (Å²) < 4.78 is 185. The molecule has 9 aromatic rings. The molecule has 98 heavy (non-hydrogen) atoms. The number of anilines is 2. The van der Waals surface area contributed by atoms with Crippen molar-refractivity contribution in [1.29, 1.82) is 0 Å². The van der Waals surface area contributed by atoms with Gasteiger partial charge in [-0.3, -0.25) is 60.2 Å². The number of hydrogen-bond acceptors (Lipinski definition) is 24. The maximum atomic E-state index is 13.8. The minimum absolute atomic E-state index is 0.0735. The Morgan fingerprint density at radius 3 is 1.61 bits per heavy atom. The van der Waals surface area contributed by atoms with Crippen LogP contribution in [0, 0.1) is 75.4 Å². The van der Waals surface area contributed by atoms with Gasteiger partial charge >= 0.3 is 5.51 Å². The summed E-state index contributed by atoms with van der Waals surface area (Å²) in [6.07, 6.45) is 9.39. The number of thioether (sulfide) groups is 1. The van der Waals surface area contributed by atoms with Crippen molar-refractivity contribution >= 4 is 115 Å². The predicted molar refractivity (Wildman–Crippen MR) is 340 cm³/mol. The molecular weight excluding hydrogens is 1420 g/mol. The Kier molecular flexibility index (Phi) is 27.9. The lowest BCUT2D eigenvalue weighted by atomic mass is 9.99. The number of carbonyl (C=O) groups excluding carboxylic acids is 1. The number of sulfone groups is 3. The Morgan fingerprint density at radius 1 is 0.622 bits per heavy atom. The van der Waals surface area contributed by atoms with Crippen LogP contribution >= 0.6 is 24.0 Å². The first-order valence-corrected chi connectivity index (χ1v) is 33.2. The normalized spacial score (nSPS) is 11.3.